The van der Waals surface area contributed by atoms with Gasteiger partial charge in [-0.25, -0.2) is 0 Å². The third-order valence-corrected chi connectivity index (χ3v) is 4.60. The fourth-order valence-electron chi connectivity index (χ4n) is 2.51. The number of hydrogen-bond donors (Lipinski definition) is 3. The molecule has 0 aliphatic carbocycles. The minimum atomic E-state index is -0.422. The van der Waals surface area contributed by atoms with Crippen LogP contribution in [0.3, 0.4) is 0 Å². The van der Waals surface area contributed by atoms with Crippen LogP contribution in [0.1, 0.15) is 35.5 Å². The van der Waals surface area contributed by atoms with E-state index in [0.29, 0.717) is 11.2 Å². The first kappa shape index (κ1) is 20.2. The van der Waals surface area contributed by atoms with Crippen molar-refractivity contribution in [1.29, 1.82) is 0 Å². The summed E-state index contributed by atoms with van der Waals surface area (Å²) in [5.74, 6) is -0.509. The van der Waals surface area contributed by atoms with Gasteiger partial charge in [0.25, 0.3) is 5.91 Å². The standard InChI is InChI=1S/C19H24BrN3O3/c1-3-23(4-2)13-15-7-5-14(6-8-15)11-21-18(24)12-22-19(25)16-9-10-17(20)26-16/h5-10H,3-4,11-13H2,1-2H3,(H,21,24)(H,22,25)/p+1. The van der Waals surface area contributed by atoms with E-state index in [4.69, 9.17) is 4.42 Å². The number of amides is 2. The molecular weight excluding hydrogens is 398 g/mol. The Morgan fingerprint density at radius 1 is 1.00 bits per heavy atom. The van der Waals surface area contributed by atoms with Gasteiger partial charge in [-0.3, -0.25) is 9.59 Å². The van der Waals surface area contributed by atoms with Gasteiger partial charge in [-0.05, 0) is 47.5 Å². The van der Waals surface area contributed by atoms with Crippen LogP contribution in [0.5, 0.6) is 0 Å². The average Bonchev–Trinajstić information content (AvgIpc) is 3.09. The van der Waals surface area contributed by atoms with Crippen LogP contribution in [-0.4, -0.2) is 31.4 Å². The Kier molecular flexibility index (Phi) is 7.87. The molecule has 0 unspecified atom stereocenters. The van der Waals surface area contributed by atoms with Crippen molar-refractivity contribution in [3.8, 4) is 0 Å². The van der Waals surface area contributed by atoms with Crippen LogP contribution in [-0.2, 0) is 17.9 Å². The first-order valence-electron chi connectivity index (χ1n) is 8.73. The molecule has 0 aliphatic heterocycles. The zero-order chi connectivity index (χ0) is 18.9. The second kappa shape index (κ2) is 10.1. The van der Waals surface area contributed by atoms with Crippen LogP contribution in [0, 0.1) is 0 Å². The molecule has 2 rings (SSSR count). The highest BCUT2D eigenvalue weighted by molar-refractivity contribution is 9.10. The summed E-state index contributed by atoms with van der Waals surface area (Å²) < 4.78 is 5.60. The zero-order valence-electron chi connectivity index (χ0n) is 15.1. The van der Waals surface area contributed by atoms with Gasteiger partial charge in [0, 0.05) is 12.1 Å². The maximum Gasteiger partial charge on any atom is 0.287 e. The summed E-state index contributed by atoms with van der Waals surface area (Å²) in [7, 11) is 0. The molecule has 1 aromatic carbocycles. The number of halogens is 1. The van der Waals surface area contributed by atoms with E-state index in [1.54, 1.807) is 12.1 Å². The van der Waals surface area contributed by atoms with Crippen molar-refractivity contribution in [3.05, 3.63) is 58.0 Å². The lowest BCUT2D eigenvalue weighted by Gasteiger charge is -2.15. The van der Waals surface area contributed by atoms with Crippen molar-refractivity contribution in [3.63, 3.8) is 0 Å². The quantitative estimate of drug-likeness (QED) is 0.573. The molecule has 2 aromatic rings. The van der Waals surface area contributed by atoms with E-state index in [1.807, 2.05) is 12.1 Å². The Hall–Kier alpha value is -2.12. The molecule has 0 saturated heterocycles. The first-order chi connectivity index (χ1) is 12.5. The molecule has 26 heavy (non-hydrogen) atoms. The van der Waals surface area contributed by atoms with Gasteiger partial charge in [0.15, 0.2) is 10.4 Å². The van der Waals surface area contributed by atoms with Crippen LogP contribution >= 0.6 is 15.9 Å². The number of carbonyl (C=O) groups excluding carboxylic acids is 2. The molecule has 140 valence electrons. The Balaban J connectivity index is 1.74. The summed E-state index contributed by atoms with van der Waals surface area (Å²) in [6.45, 7) is 7.93. The molecule has 0 saturated carbocycles. The zero-order valence-corrected chi connectivity index (χ0v) is 16.7. The van der Waals surface area contributed by atoms with Gasteiger partial charge in [0.2, 0.25) is 5.91 Å². The Labute approximate surface area is 162 Å². The molecule has 0 radical (unpaired) electrons. The highest BCUT2D eigenvalue weighted by Crippen LogP contribution is 2.13. The van der Waals surface area contributed by atoms with E-state index in [0.717, 1.165) is 25.2 Å². The number of carbonyl (C=O) groups is 2. The second-order valence-electron chi connectivity index (χ2n) is 6.01. The molecule has 0 fully saturated rings. The van der Waals surface area contributed by atoms with Gasteiger partial charge in [-0.1, -0.05) is 24.3 Å². The van der Waals surface area contributed by atoms with Gasteiger partial charge >= 0.3 is 0 Å². The van der Waals surface area contributed by atoms with Crippen molar-refractivity contribution >= 4 is 27.7 Å². The van der Waals surface area contributed by atoms with E-state index in [-0.39, 0.29) is 18.2 Å². The van der Waals surface area contributed by atoms with Gasteiger partial charge in [0.1, 0.15) is 6.54 Å². The smallest absolute Gasteiger partial charge is 0.287 e. The molecule has 0 aliphatic rings. The molecule has 0 atom stereocenters. The predicted octanol–water partition coefficient (Wildman–Crippen LogP) is 1.51. The normalized spacial score (nSPS) is 10.8. The van der Waals surface area contributed by atoms with E-state index >= 15 is 0 Å². The third kappa shape index (κ3) is 6.31. The van der Waals surface area contributed by atoms with Crippen molar-refractivity contribution in [2.75, 3.05) is 19.6 Å². The molecule has 1 aromatic heterocycles. The average molecular weight is 423 g/mol. The SMILES string of the molecule is CC[NH+](CC)Cc1ccc(CNC(=O)CNC(=O)c2ccc(Br)o2)cc1. The minimum absolute atomic E-state index is 0.0967. The highest BCUT2D eigenvalue weighted by Gasteiger charge is 2.11. The number of furan rings is 1. The van der Waals surface area contributed by atoms with Crippen molar-refractivity contribution in [1.82, 2.24) is 10.6 Å². The lowest BCUT2D eigenvalue weighted by Crippen LogP contribution is -3.10. The number of benzene rings is 1. The number of hydrogen-bond acceptors (Lipinski definition) is 3. The summed E-state index contributed by atoms with van der Waals surface area (Å²) in [6.07, 6.45) is 0. The van der Waals surface area contributed by atoms with Crippen molar-refractivity contribution in [2.45, 2.75) is 26.9 Å². The Morgan fingerprint density at radius 2 is 1.65 bits per heavy atom. The van der Waals surface area contributed by atoms with Crippen LogP contribution < -0.4 is 15.5 Å². The topological polar surface area (TPSA) is 75.8 Å². The fourth-order valence-corrected chi connectivity index (χ4v) is 2.82. The summed E-state index contributed by atoms with van der Waals surface area (Å²) in [5.41, 5.74) is 2.31. The van der Waals surface area contributed by atoms with Gasteiger partial charge in [0.05, 0.1) is 19.6 Å². The molecular formula is C19H25BrN3O3+. The van der Waals surface area contributed by atoms with Crippen LogP contribution in [0.4, 0.5) is 0 Å². The largest absolute Gasteiger partial charge is 0.444 e. The lowest BCUT2D eigenvalue weighted by molar-refractivity contribution is -0.910. The molecule has 0 bridgehead atoms. The molecule has 2 amide bonds. The number of nitrogens with one attached hydrogen (secondary N) is 3. The number of rotatable bonds is 9. The van der Waals surface area contributed by atoms with E-state index in [1.165, 1.54) is 10.5 Å². The molecule has 7 heteroatoms. The number of quaternary nitrogens is 1. The Morgan fingerprint density at radius 3 is 2.23 bits per heavy atom. The fraction of sp³-hybridized carbons (Fsp3) is 0.368. The van der Waals surface area contributed by atoms with Crippen LogP contribution in [0.25, 0.3) is 0 Å². The lowest BCUT2D eigenvalue weighted by atomic mass is 10.1. The van der Waals surface area contributed by atoms with Crippen molar-refractivity contribution < 1.29 is 18.9 Å². The molecule has 3 N–H and O–H groups in total. The van der Waals surface area contributed by atoms with E-state index in [9.17, 15) is 9.59 Å². The predicted molar refractivity (Wildman–Crippen MR) is 103 cm³/mol. The third-order valence-electron chi connectivity index (χ3n) is 4.17. The van der Waals surface area contributed by atoms with Crippen LogP contribution in [0.15, 0.2) is 45.5 Å². The summed E-state index contributed by atoms with van der Waals surface area (Å²) in [5, 5.41) is 5.32. The van der Waals surface area contributed by atoms with Gasteiger partial charge < -0.3 is 20.0 Å². The first-order valence-corrected chi connectivity index (χ1v) is 9.52. The van der Waals surface area contributed by atoms with Crippen LogP contribution in [0.2, 0.25) is 0 Å². The van der Waals surface area contributed by atoms with Gasteiger partial charge in [-0.2, -0.15) is 0 Å². The molecule has 0 spiro atoms. The molecule has 6 nitrogen and oxygen atoms in total. The summed E-state index contributed by atoms with van der Waals surface area (Å²) >= 11 is 3.13. The summed E-state index contributed by atoms with van der Waals surface area (Å²) in [4.78, 5) is 25.2. The summed E-state index contributed by atoms with van der Waals surface area (Å²) in [6, 6.07) is 11.4. The van der Waals surface area contributed by atoms with Crippen molar-refractivity contribution in [2.24, 2.45) is 0 Å². The minimum Gasteiger partial charge on any atom is -0.444 e. The Bertz CT molecular complexity index is 724. The molecule has 1 heterocycles. The highest BCUT2D eigenvalue weighted by atomic mass is 79.9. The monoisotopic (exact) mass is 422 g/mol. The van der Waals surface area contributed by atoms with E-state index < -0.39 is 5.91 Å². The van der Waals surface area contributed by atoms with Gasteiger partial charge in [-0.15, -0.1) is 0 Å². The maximum absolute atomic E-state index is 11.9. The van der Waals surface area contributed by atoms with E-state index in [2.05, 4.69) is 52.5 Å². The second-order valence-corrected chi connectivity index (χ2v) is 6.80. The maximum atomic E-state index is 11.9.